The van der Waals surface area contributed by atoms with Crippen LogP contribution in [-0.2, 0) is 0 Å². The molecule has 0 saturated carbocycles. The first kappa shape index (κ1) is 18.5. The third-order valence-electron chi connectivity index (χ3n) is 4.35. The second-order valence-corrected chi connectivity index (χ2v) is 6.48. The lowest BCUT2D eigenvalue weighted by atomic mass is 10.1. The lowest BCUT2D eigenvalue weighted by Gasteiger charge is -2.13. The maximum Gasteiger partial charge on any atom is 0.274 e. The van der Waals surface area contributed by atoms with Gasteiger partial charge < -0.3 is 15.4 Å². The molecule has 1 heterocycles. The number of pyridine rings is 1. The van der Waals surface area contributed by atoms with Gasteiger partial charge in [0, 0.05) is 5.69 Å². The maximum absolute atomic E-state index is 12.5. The fourth-order valence-electron chi connectivity index (χ4n) is 2.86. The van der Waals surface area contributed by atoms with Crippen molar-refractivity contribution in [3.63, 3.8) is 0 Å². The van der Waals surface area contributed by atoms with Crippen LogP contribution in [0, 0.1) is 20.8 Å². The lowest BCUT2D eigenvalue weighted by Crippen LogP contribution is -2.14. The SMILES string of the molecule is COc1ccc(C)cc1NC(=O)c1ccc(Nc2c(C)cccc2C)cn1. The first-order valence-electron chi connectivity index (χ1n) is 8.73. The van der Waals surface area contributed by atoms with E-state index >= 15 is 0 Å². The van der Waals surface area contributed by atoms with Crippen LogP contribution in [0.5, 0.6) is 5.75 Å². The molecule has 1 aromatic heterocycles. The van der Waals surface area contributed by atoms with Gasteiger partial charge >= 0.3 is 0 Å². The summed E-state index contributed by atoms with van der Waals surface area (Å²) in [5.41, 5.74) is 6.20. The standard InChI is InChI=1S/C22H23N3O2/c1-14-8-11-20(27-4)19(12-14)25-22(26)18-10-9-17(13-23-18)24-21-15(2)6-5-7-16(21)3/h5-13,24H,1-4H3,(H,25,26). The van der Waals surface area contributed by atoms with Gasteiger partial charge in [0.05, 0.1) is 24.7 Å². The number of nitrogens with one attached hydrogen (secondary N) is 2. The summed E-state index contributed by atoms with van der Waals surface area (Å²) in [6.45, 7) is 6.07. The van der Waals surface area contributed by atoms with Gasteiger partial charge in [-0.1, -0.05) is 24.3 Å². The van der Waals surface area contributed by atoms with E-state index in [1.807, 2.05) is 37.3 Å². The van der Waals surface area contributed by atoms with E-state index in [1.54, 1.807) is 19.4 Å². The zero-order valence-electron chi connectivity index (χ0n) is 16.0. The summed E-state index contributed by atoms with van der Waals surface area (Å²) in [4.78, 5) is 16.8. The molecule has 5 heteroatoms. The zero-order valence-corrected chi connectivity index (χ0v) is 16.0. The van der Waals surface area contributed by atoms with Crippen LogP contribution in [0.1, 0.15) is 27.2 Å². The van der Waals surface area contributed by atoms with E-state index in [1.165, 1.54) is 0 Å². The van der Waals surface area contributed by atoms with E-state index in [2.05, 4.69) is 41.6 Å². The molecule has 0 unspecified atom stereocenters. The minimum atomic E-state index is -0.280. The molecule has 0 aliphatic rings. The fourth-order valence-corrected chi connectivity index (χ4v) is 2.86. The largest absolute Gasteiger partial charge is 0.495 e. The first-order chi connectivity index (χ1) is 13.0. The number of benzene rings is 2. The Balaban J connectivity index is 1.75. The van der Waals surface area contributed by atoms with Crippen LogP contribution < -0.4 is 15.4 Å². The summed E-state index contributed by atoms with van der Waals surface area (Å²) in [5.74, 6) is 0.333. The van der Waals surface area contributed by atoms with E-state index < -0.39 is 0 Å². The monoisotopic (exact) mass is 361 g/mol. The minimum Gasteiger partial charge on any atom is -0.495 e. The highest BCUT2D eigenvalue weighted by Gasteiger charge is 2.12. The Morgan fingerprint density at radius 1 is 1.00 bits per heavy atom. The number of carbonyl (C=O) groups is 1. The predicted octanol–water partition coefficient (Wildman–Crippen LogP) is 5.01. The molecule has 0 saturated heterocycles. The number of amides is 1. The van der Waals surface area contributed by atoms with E-state index in [0.717, 1.165) is 28.1 Å². The van der Waals surface area contributed by atoms with Gasteiger partial charge in [-0.15, -0.1) is 0 Å². The minimum absolute atomic E-state index is 0.280. The number of para-hydroxylation sites is 1. The number of anilines is 3. The van der Waals surface area contributed by atoms with Crippen LogP contribution in [0.3, 0.4) is 0 Å². The number of rotatable bonds is 5. The topological polar surface area (TPSA) is 63.2 Å². The molecule has 27 heavy (non-hydrogen) atoms. The highest BCUT2D eigenvalue weighted by molar-refractivity contribution is 6.03. The number of carbonyl (C=O) groups excluding carboxylic acids is 1. The number of aromatic nitrogens is 1. The number of ether oxygens (including phenoxy) is 1. The summed E-state index contributed by atoms with van der Waals surface area (Å²) in [7, 11) is 1.58. The Kier molecular flexibility index (Phi) is 5.41. The van der Waals surface area contributed by atoms with Crippen LogP contribution in [0.15, 0.2) is 54.7 Å². The lowest BCUT2D eigenvalue weighted by molar-refractivity contribution is 0.102. The molecule has 0 aliphatic heterocycles. The van der Waals surface area contributed by atoms with Gasteiger partial charge in [-0.05, 0) is 61.7 Å². The molecule has 3 aromatic rings. The van der Waals surface area contributed by atoms with Crippen molar-refractivity contribution in [2.24, 2.45) is 0 Å². The van der Waals surface area contributed by atoms with Crippen molar-refractivity contribution < 1.29 is 9.53 Å². The number of hydrogen-bond donors (Lipinski definition) is 2. The van der Waals surface area contributed by atoms with Crippen LogP contribution in [0.25, 0.3) is 0 Å². The van der Waals surface area contributed by atoms with Crippen molar-refractivity contribution in [1.29, 1.82) is 0 Å². The van der Waals surface area contributed by atoms with Crippen molar-refractivity contribution >= 4 is 23.0 Å². The third-order valence-corrected chi connectivity index (χ3v) is 4.35. The fraction of sp³-hybridized carbons (Fsp3) is 0.182. The highest BCUT2D eigenvalue weighted by atomic mass is 16.5. The Bertz CT molecular complexity index is 946. The zero-order chi connectivity index (χ0) is 19.4. The summed E-state index contributed by atoms with van der Waals surface area (Å²) in [6.07, 6.45) is 1.66. The molecule has 3 rings (SSSR count). The number of methoxy groups -OCH3 is 1. The van der Waals surface area contributed by atoms with Gasteiger partial charge in [-0.2, -0.15) is 0 Å². The summed E-state index contributed by atoms with van der Waals surface area (Å²) < 4.78 is 5.30. The molecule has 2 N–H and O–H groups in total. The average molecular weight is 361 g/mol. The van der Waals surface area contributed by atoms with E-state index in [-0.39, 0.29) is 5.91 Å². The molecule has 0 aliphatic carbocycles. The summed E-state index contributed by atoms with van der Waals surface area (Å²) >= 11 is 0. The quantitative estimate of drug-likeness (QED) is 0.670. The van der Waals surface area contributed by atoms with Gasteiger partial charge in [-0.3, -0.25) is 4.79 Å². The first-order valence-corrected chi connectivity index (χ1v) is 8.73. The Morgan fingerprint density at radius 2 is 1.74 bits per heavy atom. The Hall–Kier alpha value is -3.34. The number of nitrogens with zero attached hydrogens (tertiary/aromatic N) is 1. The van der Waals surface area contributed by atoms with Gasteiger partial charge in [0.1, 0.15) is 11.4 Å². The van der Waals surface area contributed by atoms with Crippen molar-refractivity contribution in [2.75, 3.05) is 17.7 Å². The molecular weight excluding hydrogens is 338 g/mol. The molecule has 2 aromatic carbocycles. The normalized spacial score (nSPS) is 10.4. The number of hydrogen-bond acceptors (Lipinski definition) is 4. The predicted molar refractivity (Wildman–Crippen MR) is 109 cm³/mol. The van der Waals surface area contributed by atoms with Crippen LogP contribution in [-0.4, -0.2) is 18.0 Å². The maximum atomic E-state index is 12.5. The van der Waals surface area contributed by atoms with Gasteiger partial charge in [0.15, 0.2) is 0 Å². The average Bonchev–Trinajstić information content (AvgIpc) is 2.65. The molecule has 0 radical (unpaired) electrons. The molecule has 1 amide bonds. The van der Waals surface area contributed by atoms with Gasteiger partial charge in [0.2, 0.25) is 0 Å². The highest BCUT2D eigenvalue weighted by Crippen LogP contribution is 2.26. The van der Waals surface area contributed by atoms with Gasteiger partial charge in [0.25, 0.3) is 5.91 Å². The van der Waals surface area contributed by atoms with Crippen molar-refractivity contribution in [1.82, 2.24) is 4.98 Å². The van der Waals surface area contributed by atoms with E-state index in [9.17, 15) is 4.79 Å². The third kappa shape index (κ3) is 4.26. The summed E-state index contributed by atoms with van der Waals surface area (Å²) in [5, 5.41) is 6.23. The van der Waals surface area contributed by atoms with Crippen LogP contribution in [0.4, 0.5) is 17.1 Å². The second-order valence-electron chi connectivity index (χ2n) is 6.48. The molecule has 0 bridgehead atoms. The van der Waals surface area contributed by atoms with Crippen LogP contribution in [0.2, 0.25) is 0 Å². The van der Waals surface area contributed by atoms with Crippen LogP contribution >= 0.6 is 0 Å². The molecule has 5 nitrogen and oxygen atoms in total. The van der Waals surface area contributed by atoms with Gasteiger partial charge in [-0.25, -0.2) is 4.98 Å². The molecule has 138 valence electrons. The van der Waals surface area contributed by atoms with E-state index in [4.69, 9.17) is 4.74 Å². The molecular formula is C22H23N3O2. The molecule has 0 spiro atoms. The number of aryl methyl sites for hydroxylation is 3. The van der Waals surface area contributed by atoms with E-state index in [0.29, 0.717) is 17.1 Å². The Morgan fingerprint density at radius 3 is 2.37 bits per heavy atom. The molecule has 0 fully saturated rings. The molecule has 0 atom stereocenters. The van der Waals surface area contributed by atoms with Crippen molar-refractivity contribution in [2.45, 2.75) is 20.8 Å². The Labute approximate surface area is 159 Å². The second kappa shape index (κ2) is 7.91. The van der Waals surface area contributed by atoms with Crippen molar-refractivity contribution in [3.8, 4) is 5.75 Å². The summed E-state index contributed by atoms with van der Waals surface area (Å²) in [6, 6.07) is 15.3. The van der Waals surface area contributed by atoms with Crippen molar-refractivity contribution in [3.05, 3.63) is 77.1 Å². The smallest absolute Gasteiger partial charge is 0.274 e.